The van der Waals surface area contributed by atoms with Crippen molar-refractivity contribution in [2.45, 2.75) is 39.2 Å². The molecule has 0 unspecified atom stereocenters. The van der Waals surface area contributed by atoms with E-state index in [4.69, 9.17) is 17.3 Å². The fraction of sp³-hybridized carbons (Fsp3) is 0.571. The molecule has 0 radical (unpaired) electrons. The van der Waals surface area contributed by atoms with E-state index in [0.29, 0.717) is 16.5 Å². The number of nitrogens with two attached hydrogens (primary N) is 1. The van der Waals surface area contributed by atoms with Crippen LogP contribution in [-0.4, -0.2) is 0 Å². The molecule has 1 saturated carbocycles. The summed E-state index contributed by atoms with van der Waals surface area (Å²) >= 11 is 6.07. The number of hydrogen-bond acceptors (Lipinski definition) is 1. The molecular formula is C14H19ClFN. The van der Waals surface area contributed by atoms with Gasteiger partial charge >= 0.3 is 0 Å². The van der Waals surface area contributed by atoms with Gasteiger partial charge in [0.25, 0.3) is 0 Å². The summed E-state index contributed by atoms with van der Waals surface area (Å²) in [4.78, 5) is 0. The van der Waals surface area contributed by atoms with E-state index in [1.54, 1.807) is 12.1 Å². The lowest BCUT2D eigenvalue weighted by Crippen LogP contribution is -2.53. The highest BCUT2D eigenvalue weighted by Crippen LogP contribution is 2.52. The van der Waals surface area contributed by atoms with E-state index in [2.05, 4.69) is 20.8 Å². The molecule has 0 amide bonds. The highest BCUT2D eigenvalue weighted by Gasteiger charge is 2.48. The second-order valence-electron chi connectivity index (χ2n) is 6.22. The zero-order valence-electron chi connectivity index (χ0n) is 10.6. The van der Waals surface area contributed by atoms with Crippen LogP contribution in [-0.2, 0) is 5.54 Å². The van der Waals surface area contributed by atoms with Gasteiger partial charge in [-0.2, -0.15) is 0 Å². The van der Waals surface area contributed by atoms with Gasteiger partial charge in [0, 0.05) is 16.1 Å². The van der Waals surface area contributed by atoms with Crippen molar-refractivity contribution in [3.63, 3.8) is 0 Å². The quantitative estimate of drug-likeness (QED) is 0.804. The van der Waals surface area contributed by atoms with Crippen LogP contribution in [0.4, 0.5) is 4.39 Å². The first kappa shape index (κ1) is 12.8. The summed E-state index contributed by atoms with van der Waals surface area (Å²) in [7, 11) is 0. The van der Waals surface area contributed by atoms with E-state index in [0.717, 1.165) is 12.8 Å². The first-order valence-electron chi connectivity index (χ1n) is 5.97. The van der Waals surface area contributed by atoms with Crippen LogP contribution < -0.4 is 5.73 Å². The summed E-state index contributed by atoms with van der Waals surface area (Å²) < 4.78 is 13.8. The monoisotopic (exact) mass is 255 g/mol. The number of rotatable bonds is 1. The topological polar surface area (TPSA) is 26.0 Å². The Morgan fingerprint density at radius 3 is 2.41 bits per heavy atom. The van der Waals surface area contributed by atoms with E-state index < -0.39 is 5.54 Å². The van der Waals surface area contributed by atoms with Gasteiger partial charge < -0.3 is 5.73 Å². The minimum absolute atomic E-state index is 0.223. The lowest BCUT2D eigenvalue weighted by molar-refractivity contribution is 0.0468. The van der Waals surface area contributed by atoms with Crippen LogP contribution in [0.5, 0.6) is 0 Å². The average Bonchev–Trinajstić information content (AvgIpc) is 2.11. The van der Waals surface area contributed by atoms with Crippen LogP contribution in [0, 0.1) is 17.2 Å². The molecule has 2 N–H and O–H groups in total. The molecule has 1 aliphatic carbocycles. The van der Waals surface area contributed by atoms with E-state index in [1.807, 2.05) is 0 Å². The smallest absolute Gasteiger partial charge is 0.129 e. The van der Waals surface area contributed by atoms with Crippen molar-refractivity contribution in [3.05, 3.63) is 34.6 Å². The third-order valence-corrected chi connectivity index (χ3v) is 4.22. The van der Waals surface area contributed by atoms with E-state index >= 15 is 0 Å². The van der Waals surface area contributed by atoms with Crippen molar-refractivity contribution < 1.29 is 4.39 Å². The van der Waals surface area contributed by atoms with Gasteiger partial charge in [0.2, 0.25) is 0 Å². The minimum atomic E-state index is -0.583. The Kier molecular flexibility index (Phi) is 2.99. The maximum Gasteiger partial charge on any atom is 0.129 e. The highest BCUT2D eigenvalue weighted by molar-refractivity contribution is 6.31. The van der Waals surface area contributed by atoms with Gasteiger partial charge in [-0.1, -0.05) is 38.4 Å². The van der Waals surface area contributed by atoms with Gasteiger partial charge in [-0.25, -0.2) is 4.39 Å². The van der Waals surface area contributed by atoms with Crippen molar-refractivity contribution in [2.75, 3.05) is 0 Å². The molecule has 17 heavy (non-hydrogen) atoms. The maximum absolute atomic E-state index is 13.8. The highest BCUT2D eigenvalue weighted by atomic mass is 35.5. The molecule has 0 bridgehead atoms. The van der Waals surface area contributed by atoms with Crippen molar-refractivity contribution >= 4 is 11.6 Å². The Morgan fingerprint density at radius 2 is 1.94 bits per heavy atom. The molecule has 1 nitrogen and oxygen atoms in total. The Balaban J connectivity index is 2.26. The van der Waals surface area contributed by atoms with Gasteiger partial charge in [0.05, 0.1) is 0 Å². The molecule has 94 valence electrons. The van der Waals surface area contributed by atoms with Gasteiger partial charge in [-0.05, 0) is 36.3 Å². The lowest BCUT2D eigenvalue weighted by atomic mass is 9.57. The number of hydrogen-bond donors (Lipinski definition) is 1. The van der Waals surface area contributed by atoms with Crippen LogP contribution in [0.25, 0.3) is 0 Å². The Hall–Kier alpha value is -0.600. The zero-order chi connectivity index (χ0) is 12.8. The summed E-state index contributed by atoms with van der Waals surface area (Å²) in [5.74, 6) is 0.246. The predicted molar refractivity (Wildman–Crippen MR) is 69.5 cm³/mol. The fourth-order valence-corrected chi connectivity index (χ4v) is 2.96. The predicted octanol–water partition coefficient (Wildman–Crippen LogP) is 4.09. The molecule has 0 atom stereocenters. The lowest BCUT2D eigenvalue weighted by Gasteiger charge is -2.51. The summed E-state index contributed by atoms with van der Waals surface area (Å²) in [5, 5.41) is 0.444. The Morgan fingerprint density at radius 1 is 1.35 bits per heavy atom. The van der Waals surface area contributed by atoms with Crippen molar-refractivity contribution in [3.8, 4) is 0 Å². The summed E-state index contributed by atoms with van der Waals surface area (Å²) in [5.41, 5.74) is 6.42. The average molecular weight is 256 g/mol. The first-order valence-corrected chi connectivity index (χ1v) is 6.35. The molecule has 1 aromatic carbocycles. The molecule has 0 heterocycles. The van der Waals surface area contributed by atoms with Crippen LogP contribution in [0.15, 0.2) is 18.2 Å². The number of benzene rings is 1. The Labute approximate surface area is 107 Å². The molecule has 1 fully saturated rings. The van der Waals surface area contributed by atoms with Crippen molar-refractivity contribution in [2.24, 2.45) is 17.1 Å². The summed E-state index contributed by atoms with van der Waals surface area (Å²) in [6.45, 7) is 6.58. The Bertz CT molecular complexity index is 410. The molecule has 1 aromatic rings. The van der Waals surface area contributed by atoms with Gasteiger partial charge in [-0.15, -0.1) is 0 Å². The van der Waals surface area contributed by atoms with Gasteiger partial charge in [0.1, 0.15) is 5.82 Å². The largest absolute Gasteiger partial charge is 0.321 e. The third-order valence-electron chi connectivity index (χ3n) is 3.91. The van der Waals surface area contributed by atoms with Crippen LogP contribution in [0.2, 0.25) is 5.02 Å². The number of halogens is 2. The minimum Gasteiger partial charge on any atom is -0.321 e. The normalized spacial score (nSPS) is 28.9. The van der Waals surface area contributed by atoms with Gasteiger partial charge in [-0.3, -0.25) is 0 Å². The molecule has 0 spiro atoms. The molecule has 0 saturated heterocycles. The molecule has 0 aromatic heterocycles. The summed E-state index contributed by atoms with van der Waals surface area (Å²) in [6, 6.07) is 4.75. The summed E-state index contributed by atoms with van der Waals surface area (Å²) in [6.07, 6.45) is 1.61. The van der Waals surface area contributed by atoms with E-state index in [9.17, 15) is 4.39 Å². The van der Waals surface area contributed by atoms with E-state index in [1.165, 1.54) is 6.07 Å². The molecule has 3 heteroatoms. The molecule has 0 aliphatic heterocycles. The van der Waals surface area contributed by atoms with Crippen molar-refractivity contribution in [1.82, 2.24) is 0 Å². The van der Waals surface area contributed by atoms with Gasteiger partial charge in [0.15, 0.2) is 0 Å². The van der Waals surface area contributed by atoms with E-state index in [-0.39, 0.29) is 11.2 Å². The zero-order valence-corrected chi connectivity index (χ0v) is 11.3. The fourth-order valence-electron chi connectivity index (χ4n) is 2.61. The molecular weight excluding hydrogens is 237 g/mol. The van der Waals surface area contributed by atoms with Crippen molar-refractivity contribution in [1.29, 1.82) is 0 Å². The van der Waals surface area contributed by atoms with Crippen LogP contribution >= 0.6 is 11.6 Å². The SMILES string of the molecule is CC(C)(C)C1CC(N)(c2c(F)cccc2Cl)C1. The first-order chi connectivity index (χ1) is 7.74. The standard InChI is InChI=1S/C14H19ClFN/c1-13(2,3)9-7-14(17,8-9)12-10(15)5-4-6-11(12)16/h4-6,9H,7-8,17H2,1-3H3. The van der Waals surface area contributed by atoms with Crippen LogP contribution in [0.3, 0.4) is 0 Å². The van der Waals surface area contributed by atoms with Crippen LogP contribution in [0.1, 0.15) is 39.2 Å². The maximum atomic E-state index is 13.8. The second-order valence-corrected chi connectivity index (χ2v) is 6.63. The molecule has 1 aliphatic rings. The second kappa shape index (κ2) is 3.96. The molecule has 2 rings (SSSR count). The third kappa shape index (κ3) is 2.21.